The predicted molar refractivity (Wildman–Crippen MR) is 73.2 cm³/mol. The molecule has 0 aliphatic rings. The molecule has 2 aromatic rings. The van der Waals surface area contributed by atoms with Crippen LogP contribution >= 0.6 is 0 Å². The van der Waals surface area contributed by atoms with Crippen molar-refractivity contribution < 1.29 is 14.3 Å². The summed E-state index contributed by atoms with van der Waals surface area (Å²) in [4.78, 5) is 10.6. The average molecular weight is 259 g/mol. The van der Waals surface area contributed by atoms with Gasteiger partial charge >= 0.3 is 0 Å². The SMILES string of the molecule is COc1ccccc1[Si](O)c1ccccc1OC. The highest BCUT2D eigenvalue weighted by Gasteiger charge is 2.22. The third-order valence-electron chi connectivity index (χ3n) is 2.72. The Morgan fingerprint density at radius 2 is 1.17 bits per heavy atom. The van der Waals surface area contributed by atoms with Gasteiger partial charge < -0.3 is 14.3 Å². The summed E-state index contributed by atoms with van der Waals surface area (Å²) in [6, 6.07) is 15.1. The molecule has 0 amide bonds. The normalized spacial score (nSPS) is 10.4. The molecule has 0 aromatic heterocycles. The Hall–Kier alpha value is -1.78. The van der Waals surface area contributed by atoms with Crippen molar-refractivity contribution in [3.05, 3.63) is 48.5 Å². The van der Waals surface area contributed by atoms with E-state index in [0.29, 0.717) is 11.5 Å². The van der Waals surface area contributed by atoms with Crippen LogP contribution in [-0.4, -0.2) is 28.1 Å². The van der Waals surface area contributed by atoms with Crippen LogP contribution in [0.15, 0.2) is 48.5 Å². The summed E-state index contributed by atoms with van der Waals surface area (Å²) in [7, 11) is 1.34. The summed E-state index contributed by atoms with van der Waals surface area (Å²) in [5.74, 6) is 1.42. The Labute approximate surface area is 108 Å². The number of para-hydroxylation sites is 2. The van der Waals surface area contributed by atoms with Gasteiger partial charge in [-0.3, -0.25) is 0 Å². The van der Waals surface area contributed by atoms with Crippen molar-refractivity contribution in [1.82, 2.24) is 0 Å². The van der Waals surface area contributed by atoms with E-state index in [2.05, 4.69) is 0 Å². The fourth-order valence-electron chi connectivity index (χ4n) is 1.83. The predicted octanol–water partition coefficient (Wildman–Crippen LogP) is 0.802. The van der Waals surface area contributed by atoms with E-state index < -0.39 is 9.04 Å². The first-order valence-corrected chi connectivity index (χ1v) is 7.05. The molecular formula is C14H15O3Si. The second-order valence-electron chi connectivity index (χ2n) is 3.75. The molecular weight excluding hydrogens is 244 g/mol. The van der Waals surface area contributed by atoms with Gasteiger partial charge in [-0.05, 0) is 12.1 Å². The molecule has 3 nitrogen and oxygen atoms in total. The van der Waals surface area contributed by atoms with E-state index in [-0.39, 0.29) is 0 Å². The quantitative estimate of drug-likeness (QED) is 0.826. The molecule has 0 saturated carbocycles. The molecule has 0 fully saturated rings. The standard InChI is InChI=1S/C14H15O3Si/c1-16-11-7-3-5-9-13(11)18(15)14-10-6-4-8-12(14)17-2/h3-10,15H,1-2H3. The third kappa shape index (κ3) is 2.39. The maximum absolute atomic E-state index is 10.6. The fraction of sp³-hybridized carbons (Fsp3) is 0.143. The van der Waals surface area contributed by atoms with Crippen molar-refractivity contribution >= 4 is 19.4 Å². The van der Waals surface area contributed by atoms with Gasteiger partial charge in [-0.1, -0.05) is 36.4 Å². The van der Waals surface area contributed by atoms with E-state index in [1.54, 1.807) is 14.2 Å². The summed E-state index contributed by atoms with van der Waals surface area (Å²) >= 11 is 0. The highest BCUT2D eigenvalue weighted by Crippen LogP contribution is 2.10. The molecule has 0 spiro atoms. The summed E-state index contributed by atoms with van der Waals surface area (Å²) in [5, 5.41) is 1.66. The molecule has 93 valence electrons. The highest BCUT2D eigenvalue weighted by atomic mass is 28.3. The smallest absolute Gasteiger partial charge is 0.287 e. The van der Waals surface area contributed by atoms with E-state index in [4.69, 9.17) is 9.47 Å². The first kappa shape index (κ1) is 12.7. The lowest BCUT2D eigenvalue weighted by Gasteiger charge is -2.14. The highest BCUT2D eigenvalue weighted by molar-refractivity contribution is 6.80. The minimum Gasteiger partial charge on any atom is -0.497 e. The minimum atomic E-state index is -1.88. The Balaban J connectivity index is 2.44. The average Bonchev–Trinajstić information content (AvgIpc) is 2.46. The minimum absolute atomic E-state index is 0.708. The van der Waals surface area contributed by atoms with Gasteiger partial charge in [0.15, 0.2) is 0 Å². The third-order valence-corrected chi connectivity index (χ3v) is 4.57. The van der Waals surface area contributed by atoms with Gasteiger partial charge in [-0.15, -0.1) is 0 Å². The monoisotopic (exact) mass is 259 g/mol. The Morgan fingerprint density at radius 3 is 1.56 bits per heavy atom. The van der Waals surface area contributed by atoms with Crippen LogP contribution in [-0.2, 0) is 0 Å². The van der Waals surface area contributed by atoms with Gasteiger partial charge in [0.05, 0.1) is 14.2 Å². The van der Waals surface area contributed by atoms with Crippen LogP contribution < -0.4 is 19.8 Å². The number of benzene rings is 2. The molecule has 0 saturated heterocycles. The van der Waals surface area contributed by atoms with E-state index in [0.717, 1.165) is 10.4 Å². The number of hydrogen-bond donors (Lipinski definition) is 1. The Morgan fingerprint density at radius 1 is 0.778 bits per heavy atom. The lowest BCUT2D eigenvalue weighted by atomic mass is 10.3. The second kappa shape index (κ2) is 5.71. The molecule has 0 bridgehead atoms. The lowest BCUT2D eigenvalue weighted by Crippen LogP contribution is -2.43. The van der Waals surface area contributed by atoms with Crippen LogP contribution in [0.4, 0.5) is 0 Å². The van der Waals surface area contributed by atoms with Crippen LogP contribution in [0, 0.1) is 0 Å². The van der Waals surface area contributed by atoms with Gasteiger partial charge in [-0.25, -0.2) is 0 Å². The van der Waals surface area contributed by atoms with Crippen molar-refractivity contribution in [2.45, 2.75) is 0 Å². The van der Waals surface area contributed by atoms with Gasteiger partial charge in [-0.2, -0.15) is 0 Å². The largest absolute Gasteiger partial charge is 0.497 e. The van der Waals surface area contributed by atoms with Gasteiger partial charge in [0.1, 0.15) is 11.5 Å². The summed E-state index contributed by atoms with van der Waals surface area (Å²) in [6.45, 7) is 0. The molecule has 0 unspecified atom stereocenters. The zero-order valence-corrected chi connectivity index (χ0v) is 11.4. The second-order valence-corrected chi connectivity index (χ2v) is 5.52. The summed E-state index contributed by atoms with van der Waals surface area (Å²) in [6.07, 6.45) is 0. The first-order chi connectivity index (χ1) is 8.77. The number of methoxy groups -OCH3 is 2. The number of rotatable bonds is 4. The zero-order chi connectivity index (χ0) is 13.0. The van der Waals surface area contributed by atoms with Gasteiger partial charge in [0.25, 0.3) is 9.04 Å². The molecule has 4 heteroatoms. The molecule has 2 aromatic carbocycles. The molecule has 18 heavy (non-hydrogen) atoms. The number of hydrogen-bond acceptors (Lipinski definition) is 3. The number of ether oxygens (including phenoxy) is 2. The first-order valence-electron chi connectivity index (χ1n) is 5.60. The van der Waals surface area contributed by atoms with Crippen molar-refractivity contribution in [1.29, 1.82) is 0 Å². The van der Waals surface area contributed by atoms with Crippen LogP contribution in [0.3, 0.4) is 0 Å². The van der Waals surface area contributed by atoms with Crippen molar-refractivity contribution in [2.24, 2.45) is 0 Å². The maximum atomic E-state index is 10.6. The molecule has 2 rings (SSSR count). The van der Waals surface area contributed by atoms with Crippen molar-refractivity contribution in [3.63, 3.8) is 0 Å². The molecule has 0 aliphatic carbocycles. The van der Waals surface area contributed by atoms with Crippen molar-refractivity contribution in [2.75, 3.05) is 14.2 Å². The molecule has 1 N–H and O–H groups in total. The van der Waals surface area contributed by atoms with E-state index in [9.17, 15) is 4.80 Å². The topological polar surface area (TPSA) is 38.7 Å². The summed E-state index contributed by atoms with van der Waals surface area (Å²) < 4.78 is 10.6. The van der Waals surface area contributed by atoms with Crippen LogP contribution in [0.5, 0.6) is 11.5 Å². The van der Waals surface area contributed by atoms with Gasteiger partial charge in [0.2, 0.25) is 0 Å². The van der Waals surface area contributed by atoms with Crippen LogP contribution in [0.1, 0.15) is 0 Å². The molecule has 0 aliphatic heterocycles. The Bertz CT molecular complexity index is 480. The van der Waals surface area contributed by atoms with Crippen LogP contribution in [0.2, 0.25) is 0 Å². The molecule has 0 atom stereocenters. The van der Waals surface area contributed by atoms with E-state index in [1.165, 1.54) is 0 Å². The van der Waals surface area contributed by atoms with E-state index in [1.807, 2.05) is 48.5 Å². The fourth-order valence-corrected chi connectivity index (χ4v) is 3.46. The summed E-state index contributed by atoms with van der Waals surface area (Å²) in [5.41, 5.74) is 0. The molecule has 0 heterocycles. The maximum Gasteiger partial charge on any atom is 0.287 e. The van der Waals surface area contributed by atoms with Gasteiger partial charge in [0, 0.05) is 10.4 Å². The van der Waals surface area contributed by atoms with E-state index >= 15 is 0 Å². The lowest BCUT2D eigenvalue weighted by molar-refractivity contribution is 0.415. The zero-order valence-electron chi connectivity index (χ0n) is 10.4. The van der Waals surface area contributed by atoms with Crippen LogP contribution in [0.25, 0.3) is 0 Å². The molecule has 1 radical (unpaired) electrons. The Kier molecular flexibility index (Phi) is 4.02. The van der Waals surface area contributed by atoms with Crippen molar-refractivity contribution in [3.8, 4) is 11.5 Å².